The fourth-order valence-corrected chi connectivity index (χ4v) is 3.06. The van der Waals surface area contributed by atoms with Crippen LogP contribution < -0.4 is 4.72 Å². The third kappa shape index (κ3) is 3.64. The molecule has 7 heteroatoms. The van der Waals surface area contributed by atoms with Crippen LogP contribution in [0.25, 0.3) is 0 Å². The Bertz CT molecular complexity index is 517. The van der Waals surface area contributed by atoms with Gasteiger partial charge in [-0.3, -0.25) is 0 Å². The molecule has 1 fully saturated rings. The Labute approximate surface area is 114 Å². The van der Waals surface area contributed by atoms with Crippen molar-refractivity contribution in [3.8, 4) is 0 Å². The summed E-state index contributed by atoms with van der Waals surface area (Å²) in [6, 6.07) is 1.45. The highest BCUT2D eigenvalue weighted by atomic mass is 79.9. The normalized spacial score (nSPS) is 16.1. The largest absolute Gasteiger partial charge is 0.242 e. The van der Waals surface area contributed by atoms with Crippen LogP contribution in [-0.2, 0) is 10.0 Å². The zero-order valence-electron chi connectivity index (χ0n) is 8.99. The number of nitrogens with one attached hydrogen (secondary N) is 1. The predicted octanol–water partition coefficient (Wildman–Crippen LogP) is 2.58. The van der Waals surface area contributed by atoms with E-state index in [1.807, 2.05) is 0 Å². The molecule has 0 amide bonds. The molecule has 0 aliphatic heterocycles. The molecule has 0 bridgehead atoms. The van der Waals surface area contributed by atoms with E-state index in [-0.39, 0.29) is 10.0 Å². The fourth-order valence-electron chi connectivity index (χ4n) is 1.44. The first-order valence-electron chi connectivity index (χ1n) is 5.30. The summed E-state index contributed by atoms with van der Waals surface area (Å²) in [4.78, 5) is 3.93. The van der Waals surface area contributed by atoms with Gasteiger partial charge in [0.1, 0.15) is 10.0 Å². The fraction of sp³-hybridized carbons (Fsp3) is 0.500. The molecule has 1 aromatic heterocycles. The summed E-state index contributed by atoms with van der Waals surface area (Å²) in [5.41, 5.74) is 0. The maximum absolute atomic E-state index is 11.9. The molecule has 0 unspecified atom stereocenters. The van der Waals surface area contributed by atoms with Gasteiger partial charge < -0.3 is 0 Å². The van der Waals surface area contributed by atoms with Gasteiger partial charge in [0, 0.05) is 12.7 Å². The lowest BCUT2D eigenvalue weighted by atomic mass is 10.3. The first-order chi connectivity index (χ1) is 7.99. The number of hydrogen-bond donors (Lipinski definition) is 1. The van der Waals surface area contributed by atoms with E-state index in [0.29, 0.717) is 16.9 Å². The number of halogens is 2. The van der Waals surface area contributed by atoms with Crippen molar-refractivity contribution in [3.63, 3.8) is 0 Å². The molecule has 2 rings (SSSR count). The van der Waals surface area contributed by atoms with Crippen LogP contribution in [0.3, 0.4) is 0 Å². The molecule has 4 nitrogen and oxygen atoms in total. The Hall–Kier alpha value is -0.170. The lowest BCUT2D eigenvalue weighted by molar-refractivity contribution is 0.575. The van der Waals surface area contributed by atoms with Crippen molar-refractivity contribution >= 4 is 37.6 Å². The molecule has 1 heterocycles. The van der Waals surface area contributed by atoms with Crippen molar-refractivity contribution < 1.29 is 8.42 Å². The maximum Gasteiger partial charge on any atom is 0.242 e. The van der Waals surface area contributed by atoms with Crippen LogP contribution in [0.5, 0.6) is 0 Å². The predicted molar refractivity (Wildman–Crippen MR) is 69.5 cm³/mol. The summed E-state index contributed by atoms with van der Waals surface area (Å²) >= 11 is 8.86. The monoisotopic (exact) mass is 338 g/mol. The first-order valence-corrected chi connectivity index (χ1v) is 7.95. The third-order valence-electron chi connectivity index (χ3n) is 2.62. The van der Waals surface area contributed by atoms with Crippen LogP contribution in [0.2, 0.25) is 5.15 Å². The molecular formula is C10H12BrClN2O2S. The van der Waals surface area contributed by atoms with Gasteiger partial charge >= 0.3 is 0 Å². The zero-order valence-corrected chi connectivity index (χ0v) is 12.1. The van der Waals surface area contributed by atoms with Crippen LogP contribution in [0.4, 0.5) is 0 Å². The molecule has 94 valence electrons. The minimum absolute atomic E-state index is 0.129. The highest BCUT2D eigenvalue weighted by Crippen LogP contribution is 2.31. The number of aromatic nitrogens is 1. The van der Waals surface area contributed by atoms with E-state index in [2.05, 4.69) is 25.6 Å². The molecule has 1 aliphatic rings. The smallest absolute Gasteiger partial charge is 0.242 e. The van der Waals surface area contributed by atoms with E-state index in [4.69, 9.17) is 11.6 Å². The van der Waals surface area contributed by atoms with Gasteiger partial charge in [0.05, 0.1) is 4.47 Å². The molecule has 0 radical (unpaired) electrons. The van der Waals surface area contributed by atoms with Gasteiger partial charge in [-0.1, -0.05) is 24.4 Å². The summed E-state index contributed by atoms with van der Waals surface area (Å²) < 4.78 is 26.8. The van der Waals surface area contributed by atoms with Gasteiger partial charge in [0.25, 0.3) is 0 Å². The highest BCUT2D eigenvalue weighted by Gasteiger charge is 2.22. The van der Waals surface area contributed by atoms with Crippen molar-refractivity contribution in [2.45, 2.75) is 24.2 Å². The Kier molecular flexibility index (Phi) is 4.07. The molecule has 0 saturated heterocycles. The standard InChI is InChI=1S/C10H12BrClN2O2S/c11-9-5-8(6-13-10(9)12)17(15,16)14-4-3-7-1-2-7/h5-7,14H,1-4H2. The van der Waals surface area contributed by atoms with E-state index < -0.39 is 10.0 Å². The minimum atomic E-state index is -3.47. The summed E-state index contributed by atoms with van der Waals surface area (Å²) in [7, 11) is -3.47. The van der Waals surface area contributed by atoms with Crippen LogP contribution in [-0.4, -0.2) is 19.9 Å². The second-order valence-electron chi connectivity index (χ2n) is 4.07. The molecule has 0 aromatic carbocycles. The van der Waals surface area contributed by atoms with Crippen molar-refractivity contribution in [1.82, 2.24) is 9.71 Å². The average molecular weight is 340 g/mol. The Balaban J connectivity index is 2.04. The molecule has 1 aromatic rings. The van der Waals surface area contributed by atoms with Crippen molar-refractivity contribution in [2.24, 2.45) is 5.92 Å². The summed E-state index contributed by atoms with van der Waals surface area (Å²) in [6.07, 6.45) is 4.60. The van der Waals surface area contributed by atoms with E-state index >= 15 is 0 Å². The Morgan fingerprint density at radius 1 is 1.53 bits per heavy atom. The van der Waals surface area contributed by atoms with Gasteiger partial charge in [-0.25, -0.2) is 18.1 Å². The van der Waals surface area contributed by atoms with E-state index in [0.717, 1.165) is 6.42 Å². The van der Waals surface area contributed by atoms with E-state index in [1.165, 1.54) is 25.1 Å². The maximum atomic E-state index is 11.9. The third-order valence-corrected chi connectivity index (χ3v) is 5.19. The van der Waals surface area contributed by atoms with Crippen LogP contribution in [0.15, 0.2) is 21.6 Å². The summed E-state index contributed by atoms with van der Waals surface area (Å²) in [6.45, 7) is 0.479. The molecule has 0 spiro atoms. The molecular weight excluding hydrogens is 328 g/mol. The zero-order chi connectivity index (χ0) is 12.5. The second-order valence-corrected chi connectivity index (χ2v) is 7.05. The van der Waals surface area contributed by atoms with Crippen LogP contribution in [0, 0.1) is 5.92 Å². The van der Waals surface area contributed by atoms with Gasteiger partial charge in [0.15, 0.2) is 0 Å². The number of pyridine rings is 1. The summed E-state index contributed by atoms with van der Waals surface area (Å²) in [5, 5.41) is 0.252. The quantitative estimate of drug-likeness (QED) is 0.839. The molecule has 1 aliphatic carbocycles. The minimum Gasteiger partial charge on any atom is -0.242 e. The van der Waals surface area contributed by atoms with Crippen molar-refractivity contribution in [3.05, 3.63) is 21.9 Å². The molecule has 0 atom stereocenters. The van der Waals surface area contributed by atoms with Gasteiger partial charge in [-0.15, -0.1) is 0 Å². The first kappa shape index (κ1) is 13.3. The van der Waals surface area contributed by atoms with Gasteiger partial charge in [-0.2, -0.15) is 0 Å². The van der Waals surface area contributed by atoms with E-state index in [1.54, 1.807) is 0 Å². The van der Waals surface area contributed by atoms with Crippen molar-refractivity contribution in [1.29, 1.82) is 0 Å². The SMILES string of the molecule is O=S(=O)(NCCC1CC1)c1cnc(Cl)c(Br)c1. The van der Waals surface area contributed by atoms with Crippen LogP contribution in [0.1, 0.15) is 19.3 Å². The Morgan fingerprint density at radius 2 is 2.24 bits per heavy atom. The lowest BCUT2D eigenvalue weighted by Crippen LogP contribution is -2.25. The number of hydrogen-bond acceptors (Lipinski definition) is 3. The summed E-state index contributed by atoms with van der Waals surface area (Å²) in [5.74, 6) is 0.702. The van der Waals surface area contributed by atoms with Gasteiger partial charge in [-0.05, 0) is 34.3 Å². The van der Waals surface area contributed by atoms with Crippen molar-refractivity contribution in [2.75, 3.05) is 6.54 Å². The molecule has 1 N–H and O–H groups in total. The van der Waals surface area contributed by atoms with E-state index in [9.17, 15) is 8.42 Å². The van der Waals surface area contributed by atoms with Gasteiger partial charge in [0.2, 0.25) is 10.0 Å². The second kappa shape index (κ2) is 5.22. The molecule has 1 saturated carbocycles. The average Bonchev–Trinajstić information content (AvgIpc) is 3.05. The number of rotatable bonds is 5. The topological polar surface area (TPSA) is 59.1 Å². The highest BCUT2D eigenvalue weighted by molar-refractivity contribution is 9.10. The number of sulfonamides is 1. The Morgan fingerprint density at radius 3 is 2.82 bits per heavy atom. The number of nitrogens with zero attached hydrogens (tertiary/aromatic N) is 1. The van der Waals surface area contributed by atoms with Crippen LogP contribution >= 0.6 is 27.5 Å². The molecule has 17 heavy (non-hydrogen) atoms. The lowest BCUT2D eigenvalue weighted by Gasteiger charge is -2.06.